The van der Waals surface area contributed by atoms with Crippen molar-refractivity contribution in [1.29, 1.82) is 0 Å². The van der Waals surface area contributed by atoms with Crippen LogP contribution in [0.1, 0.15) is 57.7 Å². The Bertz CT molecular complexity index is 1370. The number of carbonyl (C=O) groups is 1. The van der Waals surface area contributed by atoms with Crippen LogP contribution in [0.4, 0.5) is 26.3 Å². The van der Waals surface area contributed by atoms with Gasteiger partial charge in [0.2, 0.25) is 11.6 Å². The Morgan fingerprint density at radius 1 is 0.786 bits per heavy atom. The monoisotopic (exact) mass is 594 g/mol. The van der Waals surface area contributed by atoms with E-state index in [2.05, 4.69) is 6.92 Å². The topological polar surface area (TPSA) is 44.8 Å². The number of carbonyl (C=O) groups excluding carboxylic acids is 1. The molecule has 2 atom stereocenters. The van der Waals surface area contributed by atoms with Crippen LogP contribution in [0.25, 0.3) is 11.1 Å². The van der Waals surface area contributed by atoms with Crippen LogP contribution in [0.2, 0.25) is 0 Å². The van der Waals surface area contributed by atoms with E-state index in [1.807, 2.05) is 0 Å². The van der Waals surface area contributed by atoms with Crippen molar-refractivity contribution in [1.82, 2.24) is 0 Å². The van der Waals surface area contributed by atoms with Crippen molar-refractivity contribution in [2.45, 2.75) is 58.3 Å². The van der Waals surface area contributed by atoms with Gasteiger partial charge in [-0.25, -0.2) is 17.6 Å². The number of hydrogen-bond donors (Lipinski definition) is 0. The van der Waals surface area contributed by atoms with E-state index in [1.54, 1.807) is 6.92 Å². The van der Waals surface area contributed by atoms with Gasteiger partial charge in [-0.3, -0.25) is 4.79 Å². The number of alkyl halides is 2. The molecule has 0 heterocycles. The summed E-state index contributed by atoms with van der Waals surface area (Å²) >= 11 is 0. The molecule has 4 nitrogen and oxygen atoms in total. The Balaban J connectivity index is 1.36. The molecule has 0 bridgehead atoms. The number of hydrogen-bond acceptors (Lipinski definition) is 4. The second kappa shape index (κ2) is 14.0. The zero-order valence-corrected chi connectivity index (χ0v) is 23.3. The van der Waals surface area contributed by atoms with Gasteiger partial charge in [0.25, 0.3) is 0 Å². The van der Waals surface area contributed by atoms with Crippen LogP contribution in [0, 0.1) is 35.1 Å². The van der Waals surface area contributed by atoms with Crippen molar-refractivity contribution in [2.75, 3.05) is 13.2 Å². The van der Waals surface area contributed by atoms with E-state index in [9.17, 15) is 31.1 Å². The fraction of sp³-hybridized carbons (Fsp3) is 0.406. The molecule has 3 aromatic rings. The van der Waals surface area contributed by atoms with Gasteiger partial charge in [0, 0.05) is 11.1 Å². The molecule has 0 aromatic heterocycles. The highest BCUT2D eigenvalue weighted by molar-refractivity contribution is 5.75. The Morgan fingerprint density at radius 2 is 1.33 bits per heavy atom. The van der Waals surface area contributed by atoms with E-state index >= 15 is 0 Å². The quantitative estimate of drug-likeness (QED) is 0.126. The summed E-state index contributed by atoms with van der Waals surface area (Å²) < 4.78 is 103. The molecule has 0 aliphatic heterocycles. The highest BCUT2D eigenvalue weighted by atomic mass is 19.2. The third-order valence-corrected chi connectivity index (χ3v) is 7.33. The molecular formula is C32H32F6O4. The summed E-state index contributed by atoms with van der Waals surface area (Å²) in [5.74, 6) is -6.74. The maximum absolute atomic E-state index is 14.8. The fourth-order valence-corrected chi connectivity index (χ4v) is 4.79. The summed E-state index contributed by atoms with van der Waals surface area (Å²) in [5.41, 5.74) is -1.20. The van der Waals surface area contributed by atoms with E-state index in [0.717, 1.165) is 49.9 Å². The Hall–Kier alpha value is -3.69. The summed E-state index contributed by atoms with van der Waals surface area (Å²) in [6, 6.07) is 9.28. The fourth-order valence-electron chi connectivity index (χ4n) is 4.79. The summed E-state index contributed by atoms with van der Waals surface area (Å²) in [7, 11) is 0. The van der Waals surface area contributed by atoms with Gasteiger partial charge in [0.05, 0.1) is 12.5 Å². The van der Waals surface area contributed by atoms with Crippen LogP contribution in [0.3, 0.4) is 0 Å². The van der Waals surface area contributed by atoms with Gasteiger partial charge in [-0.2, -0.15) is 8.78 Å². The molecular weight excluding hydrogens is 562 g/mol. The van der Waals surface area contributed by atoms with Crippen LogP contribution < -0.4 is 14.2 Å². The third kappa shape index (κ3) is 7.20. The first-order valence-electron chi connectivity index (χ1n) is 13.9. The van der Waals surface area contributed by atoms with Gasteiger partial charge < -0.3 is 14.2 Å². The van der Waals surface area contributed by atoms with Crippen molar-refractivity contribution in [2.24, 2.45) is 11.8 Å². The Morgan fingerprint density at radius 3 is 1.88 bits per heavy atom. The second-order valence-electron chi connectivity index (χ2n) is 10.5. The highest BCUT2D eigenvalue weighted by Crippen LogP contribution is 2.35. The molecule has 1 aliphatic rings. The minimum atomic E-state index is -2.26. The molecule has 10 heteroatoms. The van der Waals surface area contributed by atoms with E-state index in [0.29, 0.717) is 12.3 Å². The molecule has 0 N–H and O–H groups in total. The zero-order valence-electron chi connectivity index (χ0n) is 23.3. The standard InChI is InChI=1S/C32H32F6O4/c1-3-16-40-25-14-12-22(28(35)30(25)37)23-13-15-26(31(38)29(23)36)41-17-24(33)27(34)19-8-10-21(11-9-19)42-32(39)20-6-4-18(2)5-7-20/h8-15,18,20,24,27H,3-7,16-17H2,1-2H3. The van der Waals surface area contributed by atoms with E-state index in [-0.39, 0.29) is 35.6 Å². The number of rotatable bonds is 11. The van der Waals surface area contributed by atoms with Crippen LogP contribution in [-0.2, 0) is 4.79 Å². The maximum Gasteiger partial charge on any atom is 0.314 e. The molecule has 0 amide bonds. The molecule has 226 valence electrons. The number of benzene rings is 3. The van der Waals surface area contributed by atoms with Crippen molar-refractivity contribution >= 4 is 5.97 Å². The van der Waals surface area contributed by atoms with Gasteiger partial charge in [0.15, 0.2) is 35.5 Å². The maximum atomic E-state index is 14.8. The number of ether oxygens (including phenoxy) is 3. The summed E-state index contributed by atoms with van der Waals surface area (Å²) in [6.45, 7) is 3.10. The lowest BCUT2D eigenvalue weighted by molar-refractivity contribution is -0.140. The molecule has 0 saturated heterocycles. The van der Waals surface area contributed by atoms with Crippen molar-refractivity contribution in [3.05, 3.63) is 77.4 Å². The molecule has 0 radical (unpaired) electrons. The minimum absolute atomic E-state index is 0.0664. The number of esters is 1. The molecule has 2 unspecified atom stereocenters. The van der Waals surface area contributed by atoms with Gasteiger partial charge in [-0.05, 0) is 80.0 Å². The van der Waals surface area contributed by atoms with Crippen LogP contribution in [-0.4, -0.2) is 25.4 Å². The van der Waals surface area contributed by atoms with E-state index in [4.69, 9.17) is 14.2 Å². The SMILES string of the molecule is CCCOc1ccc(-c2ccc(OCC(F)C(F)c3ccc(OC(=O)C4CCC(C)CC4)cc3)c(F)c2F)c(F)c1F. The van der Waals surface area contributed by atoms with Crippen LogP contribution >= 0.6 is 0 Å². The van der Waals surface area contributed by atoms with Gasteiger partial charge in [0.1, 0.15) is 12.4 Å². The van der Waals surface area contributed by atoms with Crippen molar-refractivity contribution < 1.29 is 45.3 Å². The first kappa shape index (κ1) is 31.3. The predicted octanol–water partition coefficient (Wildman–Crippen LogP) is 8.86. The first-order valence-corrected chi connectivity index (χ1v) is 13.9. The zero-order chi connectivity index (χ0) is 30.4. The minimum Gasteiger partial charge on any atom is -0.490 e. The van der Waals surface area contributed by atoms with Crippen LogP contribution in [0.15, 0.2) is 48.5 Å². The molecule has 3 aromatic carbocycles. The molecule has 0 spiro atoms. The summed E-state index contributed by atoms with van der Waals surface area (Å²) in [5, 5.41) is 0. The van der Waals surface area contributed by atoms with E-state index < -0.39 is 59.1 Å². The first-order chi connectivity index (χ1) is 20.1. The molecule has 1 saturated carbocycles. The largest absolute Gasteiger partial charge is 0.490 e. The Labute approximate surface area is 240 Å². The Kier molecular flexibility index (Phi) is 10.4. The van der Waals surface area contributed by atoms with Gasteiger partial charge >= 0.3 is 5.97 Å². The highest BCUT2D eigenvalue weighted by Gasteiger charge is 2.28. The molecule has 1 fully saturated rings. The predicted molar refractivity (Wildman–Crippen MR) is 145 cm³/mol. The average molecular weight is 595 g/mol. The van der Waals surface area contributed by atoms with Gasteiger partial charge in [-0.1, -0.05) is 26.0 Å². The molecule has 42 heavy (non-hydrogen) atoms. The van der Waals surface area contributed by atoms with Crippen molar-refractivity contribution in [3.8, 4) is 28.4 Å². The van der Waals surface area contributed by atoms with E-state index in [1.165, 1.54) is 24.3 Å². The summed E-state index contributed by atoms with van der Waals surface area (Å²) in [4.78, 5) is 12.4. The summed E-state index contributed by atoms with van der Waals surface area (Å²) in [6.07, 6.45) is -0.485. The normalized spacial score (nSPS) is 18.3. The van der Waals surface area contributed by atoms with Crippen molar-refractivity contribution in [3.63, 3.8) is 0 Å². The lowest BCUT2D eigenvalue weighted by Gasteiger charge is -2.24. The van der Waals surface area contributed by atoms with Crippen LogP contribution in [0.5, 0.6) is 17.2 Å². The lowest BCUT2D eigenvalue weighted by atomic mass is 9.83. The average Bonchev–Trinajstić information content (AvgIpc) is 2.99. The molecule has 1 aliphatic carbocycles. The number of halogens is 6. The lowest BCUT2D eigenvalue weighted by Crippen LogP contribution is -2.25. The van der Waals surface area contributed by atoms with Gasteiger partial charge in [-0.15, -0.1) is 0 Å². The second-order valence-corrected chi connectivity index (χ2v) is 10.5. The smallest absolute Gasteiger partial charge is 0.314 e. The third-order valence-electron chi connectivity index (χ3n) is 7.33. The molecule has 4 rings (SSSR count).